The zero-order chi connectivity index (χ0) is 25.5. The third-order valence-corrected chi connectivity index (χ3v) is 5.60. The molecule has 0 saturated heterocycles. The van der Waals surface area contributed by atoms with Gasteiger partial charge in [-0.2, -0.15) is 11.8 Å². The summed E-state index contributed by atoms with van der Waals surface area (Å²) in [5.74, 6) is -2.80. The summed E-state index contributed by atoms with van der Waals surface area (Å²) in [7, 11) is 0. The molecule has 1 aromatic heterocycles. The van der Waals surface area contributed by atoms with Crippen molar-refractivity contribution in [1.82, 2.24) is 25.9 Å². The predicted molar refractivity (Wildman–Crippen MR) is 127 cm³/mol. The van der Waals surface area contributed by atoms with Gasteiger partial charge in [-0.15, -0.1) is 0 Å². The van der Waals surface area contributed by atoms with Gasteiger partial charge in [-0.25, -0.2) is 9.78 Å². The maximum absolute atomic E-state index is 12.7. The zero-order valence-electron chi connectivity index (χ0n) is 19.2. The van der Waals surface area contributed by atoms with Crippen molar-refractivity contribution >= 4 is 35.5 Å². The number of thioether (sulfide) groups is 1. The Bertz CT molecular complexity index is 779. The first kappa shape index (κ1) is 29.4. The van der Waals surface area contributed by atoms with Crippen molar-refractivity contribution in [2.45, 2.75) is 56.3 Å². The van der Waals surface area contributed by atoms with Gasteiger partial charge in [0.1, 0.15) is 18.1 Å². The molecule has 0 saturated carbocycles. The molecule has 0 aliphatic carbocycles. The number of rotatable bonds is 17. The lowest BCUT2D eigenvalue weighted by Crippen LogP contribution is -2.58. The normalized spacial score (nSPS) is 14.5. The Kier molecular flexibility index (Phi) is 13.8. The number of hydrogen-bond acceptors (Lipinski definition) is 9. The number of carbonyl (C=O) groups excluding carboxylic acids is 3. The van der Waals surface area contributed by atoms with E-state index in [-0.39, 0.29) is 19.3 Å². The summed E-state index contributed by atoms with van der Waals surface area (Å²) in [6, 6.07) is -4.52. The third-order valence-electron chi connectivity index (χ3n) is 4.95. The molecule has 34 heavy (non-hydrogen) atoms. The summed E-state index contributed by atoms with van der Waals surface area (Å²) in [5, 5.41) is 26.3. The number of nitrogens with one attached hydrogen (secondary N) is 4. The number of aromatic nitrogens is 2. The summed E-state index contributed by atoms with van der Waals surface area (Å²) in [4.78, 5) is 56.0. The van der Waals surface area contributed by atoms with Crippen LogP contribution in [0.4, 0.5) is 0 Å². The number of imidazole rings is 1. The number of aliphatic carboxylic acids is 1. The van der Waals surface area contributed by atoms with E-state index in [2.05, 4.69) is 25.9 Å². The van der Waals surface area contributed by atoms with E-state index < -0.39 is 54.5 Å². The van der Waals surface area contributed by atoms with Crippen LogP contribution in [0, 0.1) is 0 Å². The second-order valence-corrected chi connectivity index (χ2v) is 8.64. The number of aromatic amines is 1. The molecular weight excluding hydrogens is 466 g/mol. The molecule has 0 aliphatic heterocycles. The zero-order valence-corrected chi connectivity index (χ0v) is 20.0. The molecule has 0 bridgehead atoms. The fraction of sp³-hybridized carbons (Fsp3) is 0.650. The summed E-state index contributed by atoms with van der Waals surface area (Å²) in [6.07, 6.45) is 6.48. The Morgan fingerprint density at radius 3 is 2.26 bits per heavy atom. The highest BCUT2D eigenvalue weighted by molar-refractivity contribution is 7.98. The lowest BCUT2D eigenvalue weighted by atomic mass is 10.1. The SMILES string of the molecule is CSCCC(NC(=O)C(CO)NC(=O)C(N)Cc1cnc[nH]1)C(=O)NC(CCCCN)C(=O)O. The van der Waals surface area contributed by atoms with Gasteiger partial charge in [-0.3, -0.25) is 14.4 Å². The maximum Gasteiger partial charge on any atom is 0.326 e. The minimum Gasteiger partial charge on any atom is -0.480 e. The standard InChI is InChI=1S/C20H35N7O6S/c1-34-7-5-14(18(30)26-15(20(32)33)4-2-3-6-21)25-19(31)16(10-28)27-17(29)13(22)8-12-9-23-11-24-12/h9,11,13-16,28H,2-8,10,21-22H2,1H3,(H,23,24)(H,25,31)(H,26,30)(H,27,29)(H,32,33). The molecule has 4 unspecified atom stereocenters. The van der Waals surface area contributed by atoms with Gasteiger partial charge in [0.15, 0.2) is 0 Å². The Morgan fingerprint density at radius 2 is 1.71 bits per heavy atom. The molecule has 14 heteroatoms. The first-order chi connectivity index (χ1) is 16.2. The molecule has 192 valence electrons. The maximum atomic E-state index is 12.7. The van der Waals surface area contributed by atoms with Crippen LogP contribution in [-0.4, -0.2) is 93.2 Å². The number of aliphatic hydroxyl groups excluding tert-OH is 1. The number of nitrogens with two attached hydrogens (primary N) is 2. The molecule has 0 radical (unpaired) electrons. The van der Waals surface area contributed by atoms with Crippen molar-refractivity contribution in [3.8, 4) is 0 Å². The molecule has 0 fully saturated rings. The number of nitrogens with zero attached hydrogens (tertiary/aromatic N) is 1. The van der Waals surface area contributed by atoms with E-state index in [4.69, 9.17) is 11.5 Å². The van der Waals surface area contributed by atoms with Crippen LogP contribution in [-0.2, 0) is 25.6 Å². The highest BCUT2D eigenvalue weighted by Gasteiger charge is 2.29. The Hall–Kier alpha value is -2.68. The van der Waals surface area contributed by atoms with Gasteiger partial charge in [0.25, 0.3) is 0 Å². The van der Waals surface area contributed by atoms with Gasteiger partial charge >= 0.3 is 5.97 Å². The van der Waals surface area contributed by atoms with Crippen LogP contribution < -0.4 is 27.4 Å². The molecule has 0 aromatic carbocycles. The van der Waals surface area contributed by atoms with E-state index in [0.29, 0.717) is 30.8 Å². The minimum atomic E-state index is -1.34. The van der Waals surface area contributed by atoms with Crippen LogP contribution in [0.1, 0.15) is 31.4 Å². The monoisotopic (exact) mass is 501 g/mol. The number of carboxylic acids is 1. The van der Waals surface area contributed by atoms with Crippen molar-refractivity contribution in [2.75, 3.05) is 25.2 Å². The number of H-pyrrole nitrogens is 1. The number of hydrogen-bond donors (Lipinski definition) is 8. The van der Waals surface area contributed by atoms with E-state index in [0.717, 1.165) is 0 Å². The number of unbranched alkanes of at least 4 members (excludes halogenated alkanes) is 1. The van der Waals surface area contributed by atoms with Crippen LogP contribution in [0.25, 0.3) is 0 Å². The molecule has 13 nitrogen and oxygen atoms in total. The summed E-state index contributed by atoms with van der Waals surface area (Å²) in [6.45, 7) is -0.311. The van der Waals surface area contributed by atoms with Crippen molar-refractivity contribution in [1.29, 1.82) is 0 Å². The fourth-order valence-corrected chi connectivity index (χ4v) is 3.47. The average molecular weight is 502 g/mol. The van der Waals surface area contributed by atoms with Crippen LogP contribution in [0.5, 0.6) is 0 Å². The van der Waals surface area contributed by atoms with Crippen LogP contribution >= 0.6 is 11.8 Å². The van der Waals surface area contributed by atoms with Crippen LogP contribution in [0.3, 0.4) is 0 Å². The van der Waals surface area contributed by atoms with Gasteiger partial charge < -0.3 is 42.6 Å². The van der Waals surface area contributed by atoms with E-state index >= 15 is 0 Å². The Labute approximate surface area is 202 Å². The first-order valence-corrected chi connectivity index (χ1v) is 12.3. The highest BCUT2D eigenvalue weighted by Crippen LogP contribution is 2.06. The molecular formula is C20H35N7O6S. The molecule has 4 atom stereocenters. The van der Waals surface area contributed by atoms with E-state index in [1.807, 2.05) is 6.26 Å². The van der Waals surface area contributed by atoms with Crippen LogP contribution in [0.15, 0.2) is 12.5 Å². The highest BCUT2D eigenvalue weighted by atomic mass is 32.2. The largest absolute Gasteiger partial charge is 0.480 e. The molecule has 1 rings (SSSR count). The van der Waals surface area contributed by atoms with Gasteiger partial charge in [-0.1, -0.05) is 0 Å². The van der Waals surface area contributed by atoms with Gasteiger partial charge in [0, 0.05) is 18.3 Å². The summed E-state index contributed by atoms with van der Waals surface area (Å²) >= 11 is 1.44. The molecule has 0 aliphatic rings. The minimum absolute atomic E-state index is 0.144. The van der Waals surface area contributed by atoms with Gasteiger partial charge in [0.05, 0.1) is 19.0 Å². The quantitative estimate of drug-likeness (QED) is 0.106. The Balaban J connectivity index is 2.76. The van der Waals surface area contributed by atoms with Crippen molar-refractivity contribution in [3.05, 3.63) is 18.2 Å². The molecule has 1 heterocycles. The molecule has 0 spiro atoms. The van der Waals surface area contributed by atoms with Crippen molar-refractivity contribution < 1.29 is 29.4 Å². The van der Waals surface area contributed by atoms with Crippen LogP contribution in [0.2, 0.25) is 0 Å². The smallest absolute Gasteiger partial charge is 0.326 e. The van der Waals surface area contributed by atoms with E-state index in [9.17, 15) is 29.4 Å². The first-order valence-electron chi connectivity index (χ1n) is 10.9. The van der Waals surface area contributed by atoms with Crippen molar-refractivity contribution in [2.24, 2.45) is 11.5 Å². The second kappa shape index (κ2) is 16.0. The Morgan fingerprint density at radius 1 is 1.06 bits per heavy atom. The number of carboxylic acid groups (broad SMARTS) is 1. The lowest BCUT2D eigenvalue weighted by Gasteiger charge is -2.24. The fourth-order valence-electron chi connectivity index (χ4n) is 3.00. The predicted octanol–water partition coefficient (Wildman–Crippen LogP) is -2.31. The molecule has 10 N–H and O–H groups in total. The number of amides is 3. The van der Waals surface area contributed by atoms with Crippen molar-refractivity contribution in [3.63, 3.8) is 0 Å². The second-order valence-electron chi connectivity index (χ2n) is 7.66. The summed E-state index contributed by atoms with van der Waals surface area (Å²) < 4.78 is 0. The number of carbonyl (C=O) groups is 4. The molecule has 3 amide bonds. The number of aliphatic hydroxyl groups is 1. The molecule has 1 aromatic rings. The van der Waals surface area contributed by atoms with E-state index in [1.54, 1.807) is 0 Å². The topological polar surface area (TPSA) is 226 Å². The van der Waals surface area contributed by atoms with E-state index in [1.165, 1.54) is 24.3 Å². The van der Waals surface area contributed by atoms with Gasteiger partial charge in [0.2, 0.25) is 17.7 Å². The average Bonchev–Trinajstić information content (AvgIpc) is 3.31. The summed E-state index contributed by atoms with van der Waals surface area (Å²) in [5.41, 5.74) is 11.9. The lowest BCUT2D eigenvalue weighted by molar-refractivity contribution is -0.142. The third kappa shape index (κ3) is 10.5. The van der Waals surface area contributed by atoms with Gasteiger partial charge in [-0.05, 0) is 44.2 Å².